The zero-order valence-corrected chi connectivity index (χ0v) is 14.4. The second kappa shape index (κ2) is 5.04. The van der Waals surface area contributed by atoms with E-state index in [2.05, 4.69) is 32.4 Å². The van der Waals surface area contributed by atoms with Gasteiger partial charge in [0.25, 0.3) is 0 Å². The molecule has 0 atom stereocenters. The maximum Gasteiger partial charge on any atom is 0.216 e. The first kappa shape index (κ1) is 16.4. The van der Waals surface area contributed by atoms with Crippen molar-refractivity contribution in [1.29, 1.82) is 0 Å². The summed E-state index contributed by atoms with van der Waals surface area (Å²) in [5, 5.41) is 0. The van der Waals surface area contributed by atoms with E-state index in [0.29, 0.717) is 11.1 Å². The van der Waals surface area contributed by atoms with E-state index >= 15 is 0 Å². The third-order valence-electron chi connectivity index (χ3n) is 4.89. The summed E-state index contributed by atoms with van der Waals surface area (Å²) in [5.74, 6) is -0.0634. The molecule has 0 radical (unpaired) electrons. The van der Waals surface area contributed by atoms with Gasteiger partial charge in [-0.15, -0.1) is 0 Å². The van der Waals surface area contributed by atoms with Gasteiger partial charge < -0.3 is 5.73 Å². The average molecular weight is 326 g/mol. The molecule has 0 spiro atoms. The Kier molecular flexibility index (Phi) is 3.93. The molecule has 0 bridgehead atoms. The Morgan fingerprint density at radius 3 is 2.33 bits per heavy atom. The van der Waals surface area contributed by atoms with Gasteiger partial charge in [0.05, 0.1) is 5.75 Å². The number of nitrogens with one attached hydrogen (secondary N) is 1. The fraction of sp³-hybridized carbons (Fsp3) is 0.533. The highest BCUT2D eigenvalue weighted by molar-refractivity contribution is 7.88. The van der Waals surface area contributed by atoms with E-state index in [-0.39, 0.29) is 27.6 Å². The Balaban J connectivity index is 2.13. The topological polar surface area (TPSA) is 72.2 Å². The van der Waals surface area contributed by atoms with Crippen LogP contribution in [-0.2, 0) is 15.8 Å². The summed E-state index contributed by atoms with van der Waals surface area (Å²) < 4.78 is 27.5. The number of thiocarbonyl (C=S) groups is 1. The predicted octanol–water partition coefficient (Wildman–Crippen LogP) is 2.17. The van der Waals surface area contributed by atoms with E-state index in [0.717, 1.165) is 0 Å². The molecule has 21 heavy (non-hydrogen) atoms. The van der Waals surface area contributed by atoms with Crippen LogP contribution in [0.4, 0.5) is 0 Å². The number of benzene rings is 1. The molecular formula is C15H22N2O2S2. The number of hydrogen-bond donors (Lipinski definition) is 2. The first-order valence-corrected chi connectivity index (χ1v) is 8.92. The van der Waals surface area contributed by atoms with Crippen LogP contribution in [0.3, 0.4) is 0 Å². The lowest BCUT2D eigenvalue weighted by atomic mass is 10.0. The van der Waals surface area contributed by atoms with Crippen LogP contribution in [0.25, 0.3) is 0 Å². The van der Waals surface area contributed by atoms with Crippen LogP contribution in [0.1, 0.15) is 38.8 Å². The predicted molar refractivity (Wildman–Crippen MR) is 89.4 cm³/mol. The van der Waals surface area contributed by atoms with Gasteiger partial charge in [0.15, 0.2) is 0 Å². The lowest BCUT2D eigenvalue weighted by Crippen LogP contribution is -2.31. The molecule has 0 amide bonds. The molecule has 0 unspecified atom stereocenters. The minimum Gasteiger partial charge on any atom is -0.389 e. The van der Waals surface area contributed by atoms with Crippen LogP contribution in [0.5, 0.6) is 0 Å². The first-order chi connectivity index (χ1) is 9.47. The molecule has 1 fully saturated rings. The molecule has 0 aliphatic heterocycles. The maximum absolute atomic E-state index is 12.3. The fourth-order valence-electron chi connectivity index (χ4n) is 2.75. The molecule has 0 heterocycles. The Morgan fingerprint density at radius 1 is 1.29 bits per heavy atom. The molecule has 1 aliphatic carbocycles. The molecule has 1 aromatic rings. The van der Waals surface area contributed by atoms with Gasteiger partial charge in [0.1, 0.15) is 4.99 Å². The van der Waals surface area contributed by atoms with Crippen LogP contribution < -0.4 is 10.5 Å². The Hall–Kier alpha value is -0.980. The lowest BCUT2D eigenvalue weighted by Gasteiger charge is -2.09. The highest BCUT2D eigenvalue weighted by Crippen LogP contribution is 2.62. The van der Waals surface area contributed by atoms with Crippen molar-refractivity contribution in [3.8, 4) is 0 Å². The molecular weight excluding hydrogens is 304 g/mol. The van der Waals surface area contributed by atoms with Gasteiger partial charge in [-0.1, -0.05) is 58.1 Å². The molecule has 2 rings (SSSR count). The fourth-order valence-corrected chi connectivity index (χ4v) is 4.52. The standard InChI is InChI=1S/C15H22N2O2S2/c1-14(2)13(15(14,3)4)17-21(18,19)9-10-6-5-7-11(8-10)12(16)20/h5-8,13,17H,9H2,1-4H3,(H2,16,20). The normalized spacial score (nSPS) is 20.2. The van der Waals surface area contributed by atoms with Crippen molar-refractivity contribution in [2.75, 3.05) is 0 Å². The highest BCUT2D eigenvalue weighted by atomic mass is 32.2. The largest absolute Gasteiger partial charge is 0.389 e. The van der Waals surface area contributed by atoms with Gasteiger partial charge in [-0.2, -0.15) is 0 Å². The minimum atomic E-state index is -3.39. The summed E-state index contributed by atoms with van der Waals surface area (Å²) in [5.41, 5.74) is 6.89. The smallest absolute Gasteiger partial charge is 0.216 e. The Labute approximate surface area is 132 Å². The van der Waals surface area contributed by atoms with E-state index in [1.54, 1.807) is 24.3 Å². The third-order valence-corrected chi connectivity index (χ3v) is 6.43. The van der Waals surface area contributed by atoms with Crippen molar-refractivity contribution < 1.29 is 8.42 Å². The average Bonchev–Trinajstić information content (AvgIpc) is 2.71. The maximum atomic E-state index is 12.3. The second-order valence-corrected chi connectivity index (χ2v) is 9.01. The Bertz CT molecular complexity index is 665. The van der Waals surface area contributed by atoms with E-state index < -0.39 is 10.0 Å². The SMILES string of the molecule is CC1(C)C(NS(=O)(=O)Cc2cccc(C(N)=S)c2)C1(C)C. The van der Waals surface area contributed by atoms with Crippen molar-refractivity contribution in [2.45, 2.75) is 39.5 Å². The highest BCUT2D eigenvalue weighted by Gasteiger charge is 2.65. The van der Waals surface area contributed by atoms with Crippen molar-refractivity contribution in [2.24, 2.45) is 16.6 Å². The zero-order valence-electron chi connectivity index (χ0n) is 12.8. The van der Waals surface area contributed by atoms with E-state index in [1.807, 2.05) is 0 Å². The van der Waals surface area contributed by atoms with Gasteiger partial charge in [0.2, 0.25) is 10.0 Å². The van der Waals surface area contributed by atoms with Crippen LogP contribution >= 0.6 is 12.2 Å². The number of nitrogens with two attached hydrogens (primary N) is 1. The Morgan fingerprint density at radius 2 is 1.86 bits per heavy atom. The zero-order chi connectivity index (χ0) is 16.1. The van der Waals surface area contributed by atoms with E-state index in [9.17, 15) is 8.42 Å². The molecule has 3 N–H and O–H groups in total. The molecule has 4 nitrogen and oxygen atoms in total. The first-order valence-electron chi connectivity index (χ1n) is 6.86. The molecule has 0 saturated heterocycles. The van der Waals surface area contributed by atoms with Crippen LogP contribution in [0, 0.1) is 10.8 Å². The summed E-state index contributed by atoms with van der Waals surface area (Å²) >= 11 is 4.92. The van der Waals surface area contributed by atoms with E-state index in [4.69, 9.17) is 18.0 Å². The summed E-state index contributed by atoms with van der Waals surface area (Å²) in [6.07, 6.45) is 0. The molecule has 1 aliphatic rings. The van der Waals surface area contributed by atoms with Gasteiger partial charge >= 0.3 is 0 Å². The number of rotatable bonds is 5. The van der Waals surface area contributed by atoms with Crippen molar-refractivity contribution in [1.82, 2.24) is 4.72 Å². The number of hydrogen-bond acceptors (Lipinski definition) is 3. The third kappa shape index (κ3) is 3.12. The molecule has 1 aromatic carbocycles. The summed E-state index contributed by atoms with van der Waals surface area (Å²) in [6.45, 7) is 8.31. The monoisotopic (exact) mass is 326 g/mol. The summed E-state index contributed by atoms with van der Waals surface area (Å²) in [4.78, 5) is 0.270. The molecule has 1 saturated carbocycles. The summed E-state index contributed by atoms with van der Waals surface area (Å²) in [6, 6.07) is 7.01. The van der Waals surface area contributed by atoms with Gasteiger partial charge in [-0.3, -0.25) is 0 Å². The molecule has 116 valence electrons. The quantitative estimate of drug-likeness (QED) is 0.814. The van der Waals surface area contributed by atoms with Crippen molar-refractivity contribution in [3.63, 3.8) is 0 Å². The van der Waals surface area contributed by atoms with Crippen molar-refractivity contribution >= 4 is 27.2 Å². The summed E-state index contributed by atoms with van der Waals surface area (Å²) in [7, 11) is -3.39. The molecule has 0 aromatic heterocycles. The minimum absolute atomic E-state index is 0.0270. The van der Waals surface area contributed by atoms with Crippen LogP contribution in [0.15, 0.2) is 24.3 Å². The van der Waals surface area contributed by atoms with Crippen LogP contribution in [-0.4, -0.2) is 19.4 Å². The van der Waals surface area contributed by atoms with Gasteiger partial charge in [-0.05, 0) is 22.5 Å². The number of sulfonamides is 1. The van der Waals surface area contributed by atoms with E-state index in [1.165, 1.54) is 0 Å². The molecule has 6 heteroatoms. The van der Waals surface area contributed by atoms with Crippen molar-refractivity contribution in [3.05, 3.63) is 35.4 Å². The van der Waals surface area contributed by atoms with Gasteiger partial charge in [0, 0.05) is 11.6 Å². The van der Waals surface area contributed by atoms with Gasteiger partial charge in [-0.25, -0.2) is 13.1 Å². The lowest BCUT2D eigenvalue weighted by molar-refractivity contribution is 0.457. The van der Waals surface area contributed by atoms with Crippen LogP contribution in [0.2, 0.25) is 0 Å². The second-order valence-electron chi connectivity index (χ2n) is 6.82.